The van der Waals surface area contributed by atoms with Gasteiger partial charge >= 0.3 is 0 Å². The van der Waals surface area contributed by atoms with Gasteiger partial charge < -0.3 is 14.2 Å². The van der Waals surface area contributed by atoms with Crippen LogP contribution in [-0.2, 0) is 24.3 Å². The Morgan fingerprint density at radius 3 is 2.65 bits per heavy atom. The maximum Gasteiger partial charge on any atom is 0.259 e. The van der Waals surface area contributed by atoms with E-state index >= 15 is 0 Å². The van der Waals surface area contributed by atoms with E-state index in [1.165, 1.54) is 6.07 Å². The molecule has 1 amide bonds. The maximum atomic E-state index is 13.4. The minimum atomic E-state index is -0.301. The number of halogens is 1. The predicted molar refractivity (Wildman–Crippen MR) is 126 cm³/mol. The molecule has 3 rings (SSSR count). The highest BCUT2D eigenvalue weighted by Gasteiger charge is 2.26. The fourth-order valence-electron chi connectivity index (χ4n) is 3.66. The lowest BCUT2D eigenvalue weighted by atomic mass is 10.1. The van der Waals surface area contributed by atoms with Crippen LogP contribution in [0.25, 0.3) is 0 Å². The summed E-state index contributed by atoms with van der Waals surface area (Å²) >= 11 is 7.91. The lowest BCUT2D eigenvalue weighted by Gasteiger charge is -2.26. The summed E-state index contributed by atoms with van der Waals surface area (Å²) in [4.78, 5) is 29.1. The number of benzene rings is 1. The number of rotatable bonds is 8. The van der Waals surface area contributed by atoms with E-state index in [-0.39, 0.29) is 29.5 Å². The third-order valence-electron chi connectivity index (χ3n) is 5.54. The van der Waals surface area contributed by atoms with Crippen LogP contribution < -0.4 is 5.43 Å². The molecule has 0 spiro atoms. The third kappa shape index (κ3) is 5.09. The fourth-order valence-corrected chi connectivity index (χ4v) is 4.72. The molecule has 0 radical (unpaired) electrons. The van der Waals surface area contributed by atoms with E-state index in [0.717, 1.165) is 16.1 Å². The van der Waals surface area contributed by atoms with E-state index in [1.807, 2.05) is 60.2 Å². The first kappa shape index (κ1) is 23.3. The van der Waals surface area contributed by atoms with Gasteiger partial charge in [0.1, 0.15) is 5.56 Å². The number of pyridine rings is 1. The summed E-state index contributed by atoms with van der Waals surface area (Å²) in [5.74, 6) is -0.301. The largest absolute Gasteiger partial charge is 0.378 e. The smallest absolute Gasteiger partial charge is 0.259 e. The van der Waals surface area contributed by atoms with Crippen LogP contribution >= 0.6 is 22.9 Å². The van der Waals surface area contributed by atoms with Crippen LogP contribution in [0.5, 0.6) is 0 Å². The first-order valence-electron chi connectivity index (χ1n) is 10.1. The van der Waals surface area contributed by atoms with E-state index in [2.05, 4.69) is 0 Å². The molecular formula is C24H27ClN2O3S. The highest BCUT2D eigenvalue weighted by Crippen LogP contribution is 2.25. The zero-order chi connectivity index (χ0) is 22.5. The van der Waals surface area contributed by atoms with Gasteiger partial charge in [0, 0.05) is 42.4 Å². The Bertz CT molecular complexity index is 1110. The zero-order valence-corrected chi connectivity index (χ0v) is 19.8. The van der Waals surface area contributed by atoms with Crippen LogP contribution in [-0.4, -0.2) is 29.5 Å². The van der Waals surface area contributed by atoms with Crippen molar-refractivity contribution in [1.82, 2.24) is 9.47 Å². The molecule has 0 aliphatic rings. The van der Waals surface area contributed by atoms with Gasteiger partial charge in [0.15, 0.2) is 5.43 Å². The van der Waals surface area contributed by atoms with Gasteiger partial charge in [-0.15, -0.1) is 11.3 Å². The number of methoxy groups -OCH3 is 1. The molecular weight excluding hydrogens is 432 g/mol. The van der Waals surface area contributed by atoms with Crippen LogP contribution in [0.15, 0.2) is 52.6 Å². The monoisotopic (exact) mass is 458 g/mol. The maximum absolute atomic E-state index is 13.4. The SMILES string of the molecule is COCc1c(C(=O)N(C)[C@@H](C)c2cccs2)c(=O)cc(C)n1CCc1ccccc1Cl. The second kappa shape index (κ2) is 10.3. The third-order valence-corrected chi connectivity index (χ3v) is 6.95. The normalized spacial score (nSPS) is 12.0. The molecule has 5 nitrogen and oxygen atoms in total. The first-order valence-corrected chi connectivity index (χ1v) is 11.4. The van der Waals surface area contributed by atoms with Crippen LogP contribution in [0.3, 0.4) is 0 Å². The van der Waals surface area contributed by atoms with Gasteiger partial charge in [-0.05, 0) is 43.3 Å². The minimum absolute atomic E-state index is 0.139. The minimum Gasteiger partial charge on any atom is -0.378 e. The fraction of sp³-hybridized carbons (Fsp3) is 0.333. The number of amides is 1. The molecule has 31 heavy (non-hydrogen) atoms. The lowest BCUT2D eigenvalue weighted by molar-refractivity contribution is 0.0736. The van der Waals surface area contributed by atoms with Crippen molar-refractivity contribution in [1.29, 1.82) is 0 Å². The van der Waals surface area contributed by atoms with Crippen LogP contribution in [0.2, 0.25) is 5.02 Å². The highest BCUT2D eigenvalue weighted by atomic mass is 35.5. The summed E-state index contributed by atoms with van der Waals surface area (Å²) in [5.41, 5.74) is 2.28. The van der Waals surface area contributed by atoms with E-state index in [1.54, 1.807) is 30.4 Å². The zero-order valence-electron chi connectivity index (χ0n) is 18.2. The van der Waals surface area contributed by atoms with Crippen LogP contribution in [0, 0.1) is 6.92 Å². The number of hydrogen-bond donors (Lipinski definition) is 0. The summed E-state index contributed by atoms with van der Waals surface area (Å²) < 4.78 is 7.39. The Labute approximate surface area is 191 Å². The van der Waals surface area contributed by atoms with Crippen molar-refractivity contribution in [3.8, 4) is 0 Å². The van der Waals surface area contributed by atoms with Crippen molar-refractivity contribution >= 4 is 28.8 Å². The molecule has 0 saturated carbocycles. The van der Waals surface area contributed by atoms with E-state index < -0.39 is 0 Å². The van der Waals surface area contributed by atoms with Gasteiger partial charge in [-0.1, -0.05) is 35.9 Å². The molecule has 0 fully saturated rings. The van der Waals surface area contributed by atoms with Crippen LogP contribution in [0.1, 0.15) is 45.2 Å². The number of carbonyl (C=O) groups is 1. The van der Waals surface area contributed by atoms with E-state index in [9.17, 15) is 9.59 Å². The van der Waals surface area contributed by atoms with Crippen molar-refractivity contribution in [2.45, 2.75) is 39.5 Å². The average Bonchev–Trinajstić information content (AvgIpc) is 3.28. The molecule has 2 aromatic heterocycles. The molecule has 0 aliphatic carbocycles. The van der Waals surface area contributed by atoms with Crippen molar-refractivity contribution < 1.29 is 9.53 Å². The average molecular weight is 459 g/mol. The number of nitrogens with zero attached hydrogens (tertiary/aromatic N) is 2. The Balaban J connectivity index is 1.99. The van der Waals surface area contributed by atoms with E-state index in [0.29, 0.717) is 23.7 Å². The first-order chi connectivity index (χ1) is 14.8. The molecule has 2 heterocycles. The number of aromatic nitrogens is 1. The topological polar surface area (TPSA) is 51.5 Å². The number of ether oxygens (including phenoxy) is 1. The van der Waals surface area contributed by atoms with Crippen molar-refractivity contribution in [2.75, 3.05) is 14.2 Å². The van der Waals surface area contributed by atoms with Gasteiger partial charge in [-0.2, -0.15) is 0 Å². The van der Waals surface area contributed by atoms with Gasteiger partial charge in [-0.25, -0.2) is 0 Å². The molecule has 3 aromatic rings. The molecule has 1 atom stereocenters. The van der Waals surface area contributed by atoms with Crippen LogP contribution in [0.4, 0.5) is 0 Å². The Hall–Kier alpha value is -2.41. The van der Waals surface area contributed by atoms with Gasteiger partial charge in [0.2, 0.25) is 0 Å². The molecule has 164 valence electrons. The quantitative estimate of drug-likeness (QED) is 0.472. The Morgan fingerprint density at radius 2 is 2.00 bits per heavy atom. The second-order valence-corrected chi connectivity index (χ2v) is 8.89. The lowest BCUT2D eigenvalue weighted by Crippen LogP contribution is -2.36. The molecule has 0 unspecified atom stereocenters. The van der Waals surface area contributed by atoms with Crippen molar-refractivity contribution in [3.05, 3.63) is 90.5 Å². The molecule has 0 N–H and O–H groups in total. The molecule has 0 saturated heterocycles. The number of carbonyl (C=O) groups excluding carboxylic acids is 1. The Kier molecular flexibility index (Phi) is 7.70. The summed E-state index contributed by atoms with van der Waals surface area (Å²) in [7, 11) is 3.30. The number of thiophene rings is 1. The molecule has 7 heteroatoms. The Morgan fingerprint density at radius 1 is 1.26 bits per heavy atom. The van der Waals surface area contributed by atoms with Gasteiger partial charge in [0.05, 0.1) is 18.3 Å². The standard InChI is InChI=1S/C24H27ClN2O3S/c1-16-14-21(28)23(24(29)26(3)17(2)22-10-7-13-31-22)20(15-30-4)27(16)12-11-18-8-5-6-9-19(18)25/h5-10,13-14,17H,11-12,15H2,1-4H3/t17-/m0/s1. The van der Waals surface area contributed by atoms with Gasteiger partial charge in [-0.3, -0.25) is 9.59 Å². The van der Waals surface area contributed by atoms with Crippen molar-refractivity contribution in [3.63, 3.8) is 0 Å². The number of hydrogen-bond acceptors (Lipinski definition) is 4. The molecule has 0 aliphatic heterocycles. The second-order valence-electron chi connectivity index (χ2n) is 7.51. The number of aryl methyl sites for hydroxylation is 2. The summed E-state index contributed by atoms with van der Waals surface area (Å²) in [6.45, 7) is 4.59. The molecule has 0 bridgehead atoms. The molecule has 1 aromatic carbocycles. The highest BCUT2D eigenvalue weighted by molar-refractivity contribution is 7.10. The predicted octanol–water partition coefficient (Wildman–Crippen LogP) is 5.09. The van der Waals surface area contributed by atoms with E-state index in [4.69, 9.17) is 16.3 Å². The van der Waals surface area contributed by atoms with Crippen molar-refractivity contribution in [2.24, 2.45) is 0 Å². The summed E-state index contributed by atoms with van der Waals surface area (Å²) in [6.07, 6.45) is 0.676. The summed E-state index contributed by atoms with van der Waals surface area (Å²) in [6, 6.07) is 13.0. The van der Waals surface area contributed by atoms with Gasteiger partial charge in [0.25, 0.3) is 5.91 Å². The summed E-state index contributed by atoms with van der Waals surface area (Å²) in [5, 5.41) is 2.68.